The van der Waals surface area contributed by atoms with Gasteiger partial charge in [-0.3, -0.25) is 0 Å². The highest BCUT2D eigenvalue weighted by Crippen LogP contribution is 2.10. The maximum atomic E-state index is 11.4. The molecule has 0 N–H and O–H groups in total. The van der Waals surface area contributed by atoms with Gasteiger partial charge in [0.15, 0.2) is 0 Å². The van der Waals surface area contributed by atoms with E-state index in [1.807, 2.05) is 6.07 Å². The molecule has 0 aromatic heterocycles. The Bertz CT molecular complexity index is 271. The van der Waals surface area contributed by atoms with E-state index in [0.717, 1.165) is 0 Å². The molecule has 0 fully saturated rings. The van der Waals surface area contributed by atoms with Crippen molar-refractivity contribution in [1.82, 2.24) is 0 Å². The van der Waals surface area contributed by atoms with Crippen molar-refractivity contribution in [2.75, 3.05) is 13.2 Å². The Morgan fingerprint density at radius 1 is 1.47 bits per heavy atom. The Morgan fingerprint density at radius 2 is 2.07 bits per heavy atom. The molecule has 4 nitrogen and oxygen atoms in total. The van der Waals surface area contributed by atoms with Crippen molar-refractivity contribution in [2.45, 2.75) is 32.8 Å². The quantitative estimate of drug-likeness (QED) is 0.395. The zero-order chi connectivity index (χ0) is 11.9. The molecule has 0 rings (SSSR count). The fraction of sp³-hybridized carbons (Fsp3) is 0.636. The third-order valence-electron chi connectivity index (χ3n) is 1.32. The highest BCUT2D eigenvalue weighted by molar-refractivity contribution is 5.88. The number of esters is 1. The van der Waals surface area contributed by atoms with Gasteiger partial charge in [-0.15, -0.1) is 0 Å². The minimum Gasteiger partial charge on any atom is -0.457 e. The number of hydrogen-bond acceptors (Lipinski definition) is 4. The standard InChI is InChI=1S/C11H17NO3/c1-9(8-14-7-5-6-12)10(13)15-11(2,3)4/h1,5,7-8H2,2-4H3. The van der Waals surface area contributed by atoms with Crippen LogP contribution in [0.3, 0.4) is 0 Å². The molecule has 15 heavy (non-hydrogen) atoms. The van der Waals surface area contributed by atoms with Crippen molar-refractivity contribution in [3.05, 3.63) is 12.2 Å². The first-order valence-corrected chi connectivity index (χ1v) is 4.72. The van der Waals surface area contributed by atoms with Gasteiger partial charge in [0.2, 0.25) is 0 Å². The number of nitriles is 1. The molecule has 0 aliphatic carbocycles. The van der Waals surface area contributed by atoms with Crippen LogP contribution < -0.4 is 0 Å². The molecule has 0 spiro atoms. The minimum absolute atomic E-state index is 0.108. The summed E-state index contributed by atoms with van der Waals surface area (Å²) < 4.78 is 10.1. The lowest BCUT2D eigenvalue weighted by atomic mass is 10.2. The van der Waals surface area contributed by atoms with Crippen LogP contribution in [-0.4, -0.2) is 24.8 Å². The first kappa shape index (κ1) is 13.7. The second-order valence-electron chi connectivity index (χ2n) is 4.07. The van der Waals surface area contributed by atoms with Gasteiger partial charge in [0.1, 0.15) is 5.60 Å². The molecule has 84 valence electrons. The summed E-state index contributed by atoms with van der Waals surface area (Å²) in [5, 5.41) is 8.25. The predicted octanol–water partition coefficient (Wildman–Crippen LogP) is 1.81. The number of ether oxygens (including phenoxy) is 2. The topological polar surface area (TPSA) is 59.3 Å². The number of carbonyl (C=O) groups is 1. The van der Waals surface area contributed by atoms with E-state index in [2.05, 4.69) is 6.58 Å². The third-order valence-corrected chi connectivity index (χ3v) is 1.32. The number of nitrogens with zero attached hydrogens (tertiary/aromatic N) is 1. The third kappa shape index (κ3) is 7.71. The van der Waals surface area contributed by atoms with Crippen molar-refractivity contribution in [3.63, 3.8) is 0 Å². The number of carbonyl (C=O) groups excluding carboxylic acids is 1. The van der Waals surface area contributed by atoms with E-state index >= 15 is 0 Å². The summed E-state index contributed by atoms with van der Waals surface area (Å²) in [6.07, 6.45) is 0.307. The lowest BCUT2D eigenvalue weighted by Gasteiger charge is -2.20. The molecule has 0 atom stereocenters. The summed E-state index contributed by atoms with van der Waals surface area (Å²) in [5.41, 5.74) is -0.255. The second-order valence-corrected chi connectivity index (χ2v) is 4.07. The van der Waals surface area contributed by atoms with Gasteiger partial charge in [0, 0.05) is 0 Å². The first-order valence-electron chi connectivity index (χ1n) is 4.72. The molecule has 0 aliphatic heterocycles. The number of rotatable bonds is 5. The summed E-state index contributed by atoms with van der Waals surface area (Å²) >= 11 is 0. The van der Waals surface area contributed by atoms with E-state index in [1.54, 1.807) is 20.8 Å². The largest absolute Gasteiger partial charge is 0.457 e. The molecule has 0 radical (unpaired) electrons. The Balaban J connectivity index is 3.82. The van der Waals surface area contributed by atoms with Gasteiger partial charge in [-0.2, -0.15) is 5.26 Å². The van der Waals surface area contributed by atoms with E-state index in [4.69, 9.17) is 14.7 Å². The SMILES string of the molecule is C=C(COCCC#N)C(=O)OC(C)(C)C. The van der Waals surface area contributed by atoms with Gasteiger partial charge in [-0.25, -0.2) is 4.79 Å². The van der Waals surface area contributed by atoms with Crippen LogP contribution in [0.1, 0.15) is 27.2 Å². The van der Waals surface area contributed by atoms with Crippen molar-refractivity contribution in [2.24, 2.45) is 0 Å². The Kier molecular flexibility index (Phi) is 5.65. The summed E-state index contributed by atoms with van der Waals surface area (Å²) in [4.78, 5) is 11.4. The summed E-state index contributed by atoms with van der Waals surface area (Å²) in [7, 11) is 0. The maximum absolute atomic E-state index is 11.4. The Hall–Kier alpha value is -1.34. The molecule has 0 amide bonds. The molecule has 0 aromatic carbocycles. The fourth-order valence-corrected chi connectivity index (χ4v) is 0.722. The van der Waals surface area contributed by atoms with E-state index in [0.29, 0.717) is 13.0 Å². The van der Waals surface area contributed by atoms with Crippen LogP contribution in [0.15, 0.2) is 12.2 Å². The molecule has 0 saturated carbocycles. The molecule has 4 heteroatoms. The molecule has 0 bridgehead atoms. The van der Waals surface area contributed by atoms with E-state index < -0.39 is 11.6 Å². The lowest BCUT2D eigenvalue weighted by molar-refractivity contribution is -0.150. The minimum atomic E-state index is -0.521. The Labute approximate surface area is 90.5 Å². The van der Waals surface area contributed by atoms with Gasteiger partial charge < -0.3 is 9.47 Å². The summed E-state index contributed by atoms with van der Waals surface area (Å²) in [6.45, 7) is 9.32. The van der Waals surface area contributed by atoms with Crippen LogP contribution in [0.2, 0.25) is 0 Å². The van der Waals surface area contributed by atoms with E-state index in [1.165, 1.54) is 0 Å². The van der Waals surface area contributed by atoms with Crippen LogP contribution in [0.25, 0.3) is 0 Å². The van der Waals surface area contributed by atoms with E-state index in [-0.39, 0.29) is 12.2 Å². The van der Waals surface area contributed by atoms with Gasteiger partial charge in [0.05, 0.1) is 31.3 Å². The molecule has 0 saturated heterocycles. The molecule has 0 aromatic rings. The second kappa shape index (κ2) is 6.20. The highest BCUT2D eigenvalue weighted by atomic mass is 16.6. The molecule has 0 aliphatic rings. The normalized spacial score (nSPS) is 10.5. The first-order chi connectivity index (χ1) is 6.87. The van der Waals surface area contributed by atoms with E-state index in [9.17, 15) is 4.79 Å². The highest BCUT2D eigenvalue weighted by Gasteiger charge is 2.18. The van der Waals surface area contributed by atoms with Crippen molar-refractivity contribution in [3.8, 4) is 6.07 Å². The van der Waals surface area contributed by atoms with Crippen LogP contribution in [0, 0.1) is 11.3 Å². The summed E-state index contributed by atoms with van der Waals surface area (Å²) in [5.74, 6) is -0.459. The monoisotopic (exact) mass is 211 g/mol. The van der Waals surface area contributed by atoms with Crippen LogP contribution in [-0.2, 0) is 14.3 Å². The molecule has 0 heterocycles. The fourth-order valence-electron chi connectivity index (χ4n) is 0.722. The lowest BCUT2D eigenvalue weighted by Crippen LogP contribution is -2.25. The maximum Gasteiger partial charge on any atom is 0.336 e. The molecule has 0 unspecified atom stereocenters. The average molecular weight is 211 g/mol. The van der Waals surface area contributed by atoms with Gasteiger partial charge >= 0.3 is 5.97 Å². The van der Waals surface area contributed by atoms with Crippen molar-refractivity contribution in [1.29, 1.82) is 5.26 Å². The number of hydrogen-bond donors (Lipinski definition) is 0. The zero-order valence-electron chi connectivity index (χ0n) is 9.50. The molecular weight excluding hydrogens is 194 g/mol. The van der Waals surface area contributed by atoms with Crippen LogP contribution in [0.4, 0.5) is 0 Å². The predicted molar refractivity (Wildman–Crippen MR) is 56.0 cm³/mol. The summed E-state index contributed by atoms with van der Waals surface area (Å²) in [6, 6.07) is 1.94. The van der Waals surface area contributed by atoms with Crippen LogP contribution in [0.5, 0.6) is 0 Å². The van der Waals surface area contributed by atoms with Gasteiger partial charge in [-0.05, 0) is 20.8 Å². The van der Waals surface area contributed by atoms with Crippen molar-refractivity contribution >= 4 is 5.97 Å². The van der Waals surface area contributed by atoms with Gasteiger partial charge in [0.25, 0.3) is 0 Å². The molecular formula is C11H17NO3. The van der Waals surface area contributed by atoms with Gasteiger partial charge in [-0.1, -0.05) is 6.58 Å². The average Bonchev–Trinajstić information content (AvgIpc) is 2.09. The van der Waals surface area contributed by atoms with Crippen LogP contribution >= 0.6 is 0 Å². The zero-order valence-corrected chi connectivity index (χ0v) is 9.50. The smallest absolute Gasteiger partial charge is 0.336 e. The van der Waals surface area contributed by atoms with Crippen molar-refractivity contribution < 1.29 is 14.3 Å². The Morgan fingerprint density at radius 3 is 2.53 bits per heavy atom.